The Bertz CT molecular complexity index is 501. The highest BCUT2D eigenvalue weighted by Crippen LogP contribution is 2.23. The van der Waals surface area contributed by atoms with Crippen molar-refractivity contribution in [3.8, 4) is 11.5 Å². The predicted octanol–water partition coefficient (Wildman–Crippen LogP) is 0.0713. The lowest BCUT2D eigenvalue weighted by Gasteiger charge is -2.23. The van der Waals surface area contributed by atoms with Gasteiger partial charge in [0.2, 0.25) is 0 Å². The molecule has 0 spiro atoms. The minimum atomic E-state index is -1.46. The number of phenols is 2. The van der Waals surface area contributed by atoms with Crippen LogP contribution in [0.15, 0.2) is 18.2 Å². The van der Waals surface area contributed by atoms with Crippen LogP contribution in [-0.2, 0) is 9.53 Å². The Hall–Kier alpha value is -2.28. The summed E-state index contributed by atoms with van der Waals surface area (Å²) in [5.74, 6) is -2.43. The summed E-state index contributed by atoms with van der Waals surface area (Å²) in [7, 11) is 0. The topological polar surface area (TPSA) is 116 Å². The van der Waals surface area contributed by atoms with Crippen LogP contribution in [0, 0.1) is 0 Å². The quantitative estimate of drug-likeness (QED) is 0.616. The summed E-state index contributed by atoms with van der Waals surface area (Å²) >= 11 is 0. The lowest BCUT2D eigenvalue weighted by atomic mass is 9.98. The number of carbonyl (C=O) groups excluding carboxylic acids is 1. The minimum Gasteiger partial charge on any atom is -0.508 e. The summed E-state index contributed by atoms with van der Waals surface area (Å²) in [6, 6.07) is 3.35. The van der Waals surface area contributed by atoms with Crippen molar-refractivity contribution in [1.82, 2.24) is 5.32 Å². The van der Waals surface area contributed by atoms with Crippen LogP contribution in [0.3, 0.4) is 0 Å². The van der Waals surface area contributed by atoms with Gasteiger partial charge in [-0.05, 0) is 12.1 Å². The lowest BCUT2D eigenvalue weighted by Crippen LogP contribution is -2.55. The zero-order valence-electron chi connectivity index (χ0n) is 9.92. The summed E-state index contributed by atoms with van der Waals surface area (Å²) < 4.78 is 5.01. The van der Waals surface area contributed by atoms with Gasteiger partial charge in [-0.1, -0.05) is 0 Å². The number of carbonyl (C=O) groups is 2. The van der Waals surface area contributed by atoms with Gasteiger partial charge in [-0.25, -0.2) is 4.79 Å². The Labute approximate surface area is 108 Å². The van der Waals surface area contributed by atoms with E-state index >= 15 is 0 Å². The van der Waals surface area contributed by atoms with Crippen LogP contribution < -0.4 is 5.32 Å². The van der Waals surface area contributed by atoms with E-state index in [1.807, 2.05) is 0 Å². The van der Waals surface area contributed by atoms with Crippen LogP contribution in [0.25, 0.3) is 0 Å². The standard InChI is InChI=1S/C12H13NO6/c14-8-3-7(4-9(15)5-8)10(16)13-12(11(17)18)1-2-19-6-12/h3-5,14-15H,1-2,6H2,(H,13,16)(H,17,18). The van der Waals surface area contributed by atoms with E-state index in [0.717, 1.165) is 18.2 Å². The molecule has 1 aliphatic rings. The minimum absolute atomic E-state index is 0.0231. The number of ether oxygens (including phenoxy) is 1. The molecule has 19 heavy (non-hydrogen) atoms. The van der Waals surface area contributed by atoms with Crippen LogP contribution in [-0.4, -0.2) is 45.9 Å². The molecular formula is C12H13NO6. The second kappa shape index (κ2) is 4.77. The Kier molecular flexibility index (Phi) is 3.30. The molecule has 2 rings (SSSR count). The van der Waals surface area contributed by atoms with E-state index in [1.165, 1.54) is 0 Å². The van der Waals surface area contributed by atoms with Gasteiger partial charge in [0, 0.05) is 24.7 Å². The molecule has 0 aliphatic carbocycles. The Morgan fingerprint density at radius 2 is 1.84 bits per heavy atom. The smallest absolute Gasteiger partial charge is 0.331 e. The predicted molar refractivity (Wildman–Crippen MR) is 63.0 cm³/mol. The van der Waals surface area contributed by atoms with Crippen LogP contribution in [0.2, 0.25) is 0 Å². The van der Waals surface area contributed by atoms with Crippen molar-refractivity contribution < 1.29 is 29.6 Å². The molecule has 1 heterocycles. The fraction of sp³-hybridized carbons (Fsp3) is 0.333. The molecule has 7 nitrogen and oxygen atoms in total. The van der Waals surface area contributed by atoms with Gasteiger partial charge in [0.05, 0.1) is 6.61 Å². The van der Waals surface area contributed by atoms with E-state index in [2.05, 4.69) is 5.32 Å². The number of amides is 1. The van der Waals surface area contributed by atoms with E-state index in [1.54, 1.807) is 0 Å². The van der Waals surface area contributed by atoms with Crippen LogP contribution in [0.4, 0.5) is 0 Å². The molecule has 0 radical (unpaired) electrons. The SMILES string of the molecule is O=C(NC1(C(=O)O)CCOC1)c1cc(O)cc(O)c1. The molecule has 1 fully saturated rings. The number of hydrogen-bond acceptors (Lipinski definition) is 5. The molecule has 102 valence electrons. The second-order valence-electron chi connectivity index (χ2n) is 4.38. The summed E-state index contributed by atoms with van der Waals surface area (Å²) in [6.07, 6.45) is 0.166. The maximum atomic E-state index is 12.0. The van der Waals surface area contributed by atoms with Crippen molar-refractivity contribution in [1.29, 1.82) is 0 Å². The van der Waals surface area contributed by atoms with Crippen molar-refractivity contribution in [2.45, 2.75) is 12.0 Å². The van der Waals surface area contributed by atoms with Gasteiger partial charge in [0.25, 0.3) is 5.91 Å². The molecular weight excluding hydrogens is 254 g/mol. The van der Waals surface area contributed by atoms with E-state index in [4.69, 9.17) is 4.74 Å². The molecule has 1 unspecified atom stereocenters. The monoisotopic (exact) mass is 267 g/mol. The Morgan fingerprint density at radius 1 is 1.21 bits per heavy atom. The van der Waals surface area contributed by atoms with Crippen molar-refractivity contribution in [3.63, 3.8) is 0 Å². The highest BCUT2D eigenvalue weighted by molar-refractivity contribution is 5.98. The molecule has 0 saturated carbocycles. The molecule has 1 aromatic carbocycles. The summed E-state index contributed by atoms with van der Waals surface area (Å²) in [5, 5.41) is 30.1. The number of carboxylic acids is 1. The highest BCUT2D eigenvalue weighted by Gasteiger charge is 2.44. The van der Waals surface area contributed by atoms with Crippen molar-refractivity contribution in [2.24, 2.45) is 0 Å². The van der Waals surface area contributed by atoms with Gasteiger partial charge in [0.15, 0.2) is 5.54 Å². The zero-order chi connectivity index (χ0) is 14.0. The van der Waals surface area contributed by atoms with E-state index in [0.29, 0.717) is 0 Å². The summed E-state index contributed by atoms with van der Waals surface area (Å²) in [6.45, 7) is 0.136. The molecule has 1 atom stereocenters. The van der Waals surface area contributed by atoms with Gasteiger partial charge >= 0.3 is 5.97 Å². The van der Waals surface area contributed by atoms with Crippen molar-refractivity contribution in [2.75, 3.05) is 13.2 Å². The average Bonchev–Trinajstić information content (AvgIpc) is 2.77. The van der Waals surface area contributed by atoms with E-state index < -0.39 is 17.4 Å². The molecule has 0 bridgehead atoms. The van der Waals surface area contributed by atoms with Gasteiger partial charge in [-0.3, -0.25) is 4.79 Å². The number of aromatic hydroxyl groups is 2. The maximum absolute atomic E-state index is 12.0. The molecule has 1 saturated heterocycles. The average molecular weight is 267 g/mol. The lowest BCUT2D eigenvalue weighted by molar-refractivity contribution is -0.144. The number of carboxylic acid groups (broad SMARTS) is 1. The first-order chi connectivity index (χ1) is 8.93. The fourth-order valence-corrected chi connectivity index (χ4v) is 1.90. The highest BCUT2D eigenvalue weighted by atomic mass is 16.5. The number of aliphatic carboxylic acids is 1. The first-order valence-corrected chi connectivity index (χ1v) is 5.60. The van der Waals surface area contributed by atoms with Crippen LogP contribution >= 0.6 is 0 Å². The Morgan fingerprint density at radius 3 is 2.32 bits per heavy atom. The number of phenolic OH excluding ortho intramolecular Hbond substituents is 2. The third-order valence-corrected chi connectivity index (χ3v) is 2.95. The van der Waals surface area contributed by atoms with E-state index in [-0.39, 0.29) is 36.7 Å². The largest absolute Gasteiger partial charge is 0.508 e. The van der Waals surface area contributed by atoms with Gasteiger partial charge < -0.3 is 25.4 Å². The number of nitrogens with one attached hydrogen (secondary N) is 1. The molecule has 1 amide bonds. The van der Waals surface area contributed by atoms with Crippen LogP contribution in [0.5, 0.6) is 11.5 Å². The van der Waals surface area contributed by atoms with Crippen LogP contribution in [0.1, 0.15) is 16.8 Å². The third-order valence-electron chi connectivity index (χ3n) is 2.95. The molecule has 0 aromatic heterocycles. The normalized spacial score (nSPS) is 22.1. The summed E-state index contributed by atoms with van der Waals surface area (Å²) in [4.78, 5) is 23.2. The fourth-order valence-electron chi connectivity index (χ4n) is 1.90. The van der Waals surface area contributed by atoms with Gasteiger partial charge in [-0.2, -0.15) is 0 Å². The first-order valence-electron chi connectivity index (χ1n) is 5.60. The Balaban J connectivity index is 2.22. The molecule has 1 aliphatic heterocycles. The number of benzene rings is 1. The van der Waals surface area contributed by atoms with E-state index in [9.17, 15) is 24.9 Å². The first kappa shape index (κ1) is 13.2. The zero-order valence-corrected chi connectivity index (χ0v) is 9.92. The number of hydrogen-bond donors (Lipinski definition) is 4. The van der Waals surface area contributed by atoms with Crippen molar-refractivity contribution in [3.05, 3.63) is 23.8 Å². The second-order valence-corrected chi connectivity index (χ2v) is 4.38. The maximum Gasteiger partial charge on any atom is 0.331 e. The third kappa shape index (κ3) is 2.60. The summed E-state index contributed by atoms with van der Waals surface area (Å²) in [5.41, 5.74) is -1.48. The van der Waals surface area contributed by atoms with Crippen molar-refractivity contribution >= 4 is 11.9 Å². The molecule has 4 N–H and O–H groups in total. The molecule has 1 aromatic rings. The molecule has 7 heteroatoms. The van der Waals surface area contributed by atoms with Gasteiger partial charge in [-0.15, -0.1) is 0 Å². The van der Waals surface area contributed by atoms with Gasteiger partial charge in [0.1, 0.15) is 11.5 Å². The number of rotatable bonds is 3.